The lowest BCUT2D eigenvalue weighted by molar-refractivity contribution is 0.0952. The number of carbonyl (C=O) groups excluding carboxylic acids is 1. The molecule has 0 spiro atoms. The SMILES string of the molecule is Cc1cc(C(=O)NCCCC2CC2)cc(S(N)(=O)=O)c1. The minimum atomic E-state index is -3.79. The number of hydrogen-bond acceptors (Lipinski definition) is 3. The maximum atomic E-state index is 12.0. The zero-order chi connectivity index (χ0) is 14.8. The number of benzene rings is 1. The van der Waals surface area contributed by atoms with Crippen LogP contribution in [0.4, 0.5) is 0 Å². The van der Waals surface area contributed by atoms with Crippen LogP contribution in [-0.4, -0.2) is 20.9 Å². The van der Waals surface area contributed by atoms with E-state index < -0.39 is 10.0 Å². The Morgan fingerprint density at radius 1 is 1.35 bits per heavy atom. The van der Waals surface area contributed by atoms with Crippen molar-refractivity contribution in [1.29, 1.82) is 0 Å². The first-order valence-corrected chi connectivity index (χ1v) is 8.33. The smallest absolute Gasteiger partial charge is 0.251 e. The quantitative estimate of drug-likeness (QED) is 0.781. The molecule has 1 aliphatic carbocycles. The van der Waals surface area contributed by atoms with Crippen molar-refractivity contribution in [3.63, 3.8) is 0 Å². The summed E-state index contributed by atoms with van der Waals surface area (Å²) >= 11 is 0. The third-order valence-electron chi connectivity index (χ3n) is 3.41. The van der Waals surface area contributed by atoms with E-state index in [-0.39, 0.29) is 10.8 Å². The monoisotopic (exact) mass is 296 g/mol. The Hall–Kier alpha value is -1.40. The second-order valence-corrected chi connectivity index (χ2v) is 6.98. The molecule has 0 radical (unpaired) electrons. The topological polar surface area (TPSA) is 89.3 Å². The van der Waals surface area contributed by atoms with Crippen LogP contribution in [0.25, 0.3) is 0 Å². The second-order valence-electron chi connectivity index (χ2n) is 5.42. The normalized spacial score (nSPS) is 15.1. The van der Waals surface area contributed by atoms with Gasteiger partial charge in [-0.3, -0.25) is 4.79 Å². The molecule has 20 heavy (non-hydrogen) atoms. The van der Waals surface area contributed by atoms with Crippen LogP contribution in [0.2, 0.25) is 0 Å². The van der Waals surface area contributed by atoms with Crippen molar-refractivity contribution in [2.45, 2.75) is 37.5 Å². The van der Waals surface area contributed by atoms with Crippen LogP contribution >= 0.6 is 0 Å². The van der Waals surface area contributed by atoms with Crippen molar-refractivity contribution < 1.29 is 13.2 Å². The lowest BCUT2D eigenvalue weighted by Gasteiger charge is -2.07. The third kappa shape index (κ3) is 4.31. The fourth-order valence-electron chi connectivity index (χ4n) is 2.14. The highest BCUT2D eigenvalue weighted by Crippen LogP contribution is 2.33. The van der Waals surface area contributed by atoms with E-state index in [2.05, 4.69) is 5.32 Å². The predicted molar refractivity (Wildman–Crippen MR) is 76.8 cm³/mol. The number of rotatable bonds is 6. The van der Waals surface area contributed by atoms with Gasteiger partial charge in [0, 0.05) is 12.1 Å². The highest BCUT2D eigenvalue weighted by atomic mass is 32.2. The molecule has 1 aromatic rings. The van der Waals surface area contributed by atoms with Crippen molar-refractivity contribution >= 4 is 15.9 Å². The molecule has 1 aromatic carbocycles. The number of nitrogens with one attached hydrogen (secondary N) is 1. The van der Waals surface area contributed by atoms with E-state index in [0.717, 1.165) is 18.8 Å². The molecular weight excluding hydrogens is 276 g/mol. The van der Waals surface area contributed by atoms with E-state index >= 15 is 0 Å². The van der Waals surface area contributed by atoms with Gasteiger partial charge in [-0.2, -0.15) is 0 Å². The molecule has 0 aromatic heterocycles. The Labute approximate surface area is 119 Å². The van der Waals surface area contributed by atoms with Gasteiger partial charge in [0.05, 0.1) is 4.90 Å². The Balaban J connectivity index is 1.99. The van der Waals surface area contributed by atoms with Crippen molar-refractivity contribution in [1.82, 2.24) is 5.32 Å². The number of sulfonamides is 1. The molecule has 0 heterocycles. The summed E-state index contributed by atoms with van der Waals surface area (Å²) in [7, 11) is -3.79. The molecule has 0 unspecified atom stereocenters. The van der Waals surface area contributed by atoms with E-state index in [1.807, 2.05) is 0 Å². The van der Waals surface area contributed by atoms with Gasteiger partial charge in [-0.25, -0.2) is 13.6 Å². The predicted octanol–water partition coefficient (Wildman–Crippen LogP) is 1.56. The van der Waals surface area contributed by atoms with Gasteiger partial charge in [0.1, 0.15) is 0 Å². The van der Waals surface area contributed by atoms with Crippen LogP contribution in [0.5, 0.6) is 0 Å². The van der Waals surface area contributed by atoms with Gasteiger partial charge < -0.3 is 5.32 Å². The summed E-state index contributed by atoms with van der Waals surface area (Å²) in [5, 5.41) is 7.91. The largest absolute Gasteiger partial charge is 0.352 e. The lowest BCUT2D eigenvalue weighted by atomic mass is 10.1. The third-order valence-corrected chi connectivity index (χ3v) is 4.31. The standard InChI is InChI=1S/C14H20N2O3S/c1-10-7-12(9-13(8-10)20(15,18)19)14(17)16-6-2-3-11-4-5-11/h7-9,11H,2-6H2,1H3,(H,16,17)(H2,15,18,19). The molecule has 1 saturated carbocycles. The molecule has 3 N–H and O–H groups in total. The number of aryl methyl sites for hydroxylation is 1. The number of amides is 1. The van der Waals surface area contributed by atoms with E-state index in [9.17, 15) is 13.2 Å². The maximum Gasteiger partial charge on any atom is 0.251 e. The molecule has 1 fully saturated rings. The molecule has 1 amide bonds. The molecule has 0 bridgehead atoms. The fourth-order valence-corrected chi connectivity index (χ4v) is 2.79. The van der Waals surface area contributed by atoms with Crippen LogP contribution in [0.1, 0.15) is 41.6 Å². The Morgan fingerprint density at radius 3 is 2.65 bits per heavy atom. The van der Waals surface area contributed by atoms with Crippen LogP contribution in [0.15, 0.2) is 23.1 Å². The van der Waals surface area contributed by atoms with Crippen LogP contribution < -0.4 is 10.5 Å². The maximum absolute atomic E-state index is 12.0. The average molecular weight is 296 g/mol. The fraction of sp³-hybridized carbons (Fsp3) is 0.500. The van der Waals surface area contributed by atoms with Gasteiger partial charge in [0.25, 0.3) is 5.91 Å². The van der Waals surface area contributed by atoms with Gasteiger partial charge in [-0.05, 0) is 49.4 Å². The van der Waals surface area contributed by atoms with Crippen molar-refractivity contribution in [2.24, 2.45) is 11.1 Å². The summed E-state index contributed by atoms with van der Waals surface area (Å²) in [6.07, 6.45) is 4.73. The van der Waals surface area contributed by atoms with Crippen LogP contribution in [-0.2, 0) is 10.0 Å². The molecule has 5 nitrogen and oxygen atoms in total. The van der Waals surface area contributed by atoms with Crippen molar-refractivity contribution in [2.75, 3.05) is 6.54 Å². The summed E-state index contributed by atoms with van der Waals surface area (Å²) in [5.41, 5.74) is 1.03. The zero-order valence-electron chi connectivity index (χ0n) is 11.6. The minimum Gasteiger partial charge on any atom is -0.352 e. The van der Waals surface area contributed by atoms with Crippen molar-refractivity contribution in [3.05, 3.63) is 29.3 Å². The molecule has 2 rings (SSSR count). The Bertz CT molecular complexity index is 607. The summed E-state index contributed by atoms with van der Waals surface area (Å²) in [6.45, 7) is 2.35. The van der Waals surface area contributed by atoms with Crippen molar-refractivity contribution in [3.8, 4) is 0 Å². The van der Waals surface area contributed by atoms with Gasteiger partial charge in [0.15, 0.2) is 0 Å². The number of hydrogen-bond donors (Lipinski definition) is 2. The zero-order valence-corrected chi connectivity index (χ0v) is 12.4. The second kappa shape index (κ2) is 5.93. The molecule has 0 aliphatic heterocycles. The van der Waals surface area contributed by atoms with Crippen LogP contribution in [0.3, 0.4) is 0 Å². The average Bonchev–Trinajstić information content (AvgIpc) is 3.16. The van der Waals surface area contributed by atoms with Gasteiger partial charge in [-0.1, -0.05) is 12.8 Å². The summed E-state index contributed by atoms with van der Waals surface area (Å²) in [6, 6.07) is 4.43. The Morgan fingerprint density at radius 2 is 2.05 bits per heavy atom. The highest BCUT2D eigenvalue weighted by molar-refractivity contribution is 7.89. The minimum absolute atomic E-state index is 0.0272. The molecular formula is C14H20N2O3S. The number of primary sulfonamides is 1. The van der Waals surface area contributed by atoms with Crippen LogP contribution in [0, 0.1) is 12.8 Å². The van der Waals surface area contributed by atoms with E-state index in [0.29, 0.717) is 17.7 Å². The summed E-state index contributed by atoms with van der Waals surface area (Å²) in [5.74, 6) is 0.592. The molecule has 110 valence electrons. The van der Waals surface area contributed by atoms with Gasteiger partial charge >= 0.3 is 0 Å². The molecule has 0 atom stereocenters. The lowest BCUT2D eigenvalue weighted by Crippen LogP contribution is -2.25. The molecule has 6 heteroatoms. The van der Waals surface area contributed by atoms with E-state index in [1.165, 1.54) is 25.0 Å². The van der Waals surface area contributed by atoms with Gasteiger partial charge in [-0.15, -0.1) is 0 Å². The van der Waals surface area contributed by atoms with Gasteiger partial charge in [0.2, 0.25) is 10.0 Å². The molecule has 1 aliphatic rings. The number of carbonyl (C=O) groups is 1. The highest BCUT2D eigenvalue weighted by Gasteiger charge is 2.20. The first-order chi connectivity index (χ1) is 9.36. The first kappa shape index (κ1) is 15.0. The summed E-state index contributed by atoms with van der Waals surface area (Å²) in [4.78, 5) is 12.0. The Kier molecular flexibility index (Phi) is 4.45. The first-order valence-electron chi connectivity index (χ1n) is 6.79. The van der Waals surface area contributed by atoms with E-state index in [4.69, 9.17) is 5.14 Å². The van der Waals surface area contributed by atoms with E-state index in [1.54, 1.807) is 13.0 Å². The number of nitrogens with two attached hydrogens (primary N) is 1. The summed E-state index contributed by atoms with van der Waals surface area (Å²) < 4.78 is 22.7. The molecule has 0 saturated heterocycles.